The van der Waals surface area contributed by atoms with Crippen LogP contribution in [0.2, 0.25) is 0 Å². The number of rotatable bonds is 8. The average molecular weight is 460 g/mol. The van der Waals surface area contributed by atoms with Crippen LogP contribution in [0, 0.1) is 0 Å². The van der Waals surface area contributed by atoms with Gasteiger partial charge in [-0.3, -0.25) is 15.0 Å². The van der Waals surface area contributed by atoms with Gasteiger partial charge in [0.15, 0.2) is 16.6 Å². The smallest absolute Gasteiger partial charge is 0.387 e. The molecular weight excluding hydrogens is 436 g/mol. The second-order valence-corrected chi connectivity index (χ2v) is 8.35. The van der Waals surface area contributed by atoms with E-state index < -0.39 is 6.61 Å². The molecule has 1 N–H and O–H groups in total. The van der Waals surface area contributed by atoms with Crippen LogP contribution in [0.15, 0.2) is 48.5 Å². The van der Waals surface area contributed by atoms with Gasteiger partial charge in [0, 0.05) is 36.5 Å². The van der Waals surface area contributed by atoms with Crippen molar-refractivity contribution in [2.75, 3.05) is 18.5 Å². The Balaban J connectivity index is 1.43. The van der Waals surface area contributed by atoms with Crippen molar-refractivity contribution in [2.24, 2.45) is 0 Å². The molecule has 6 nitrogen and oxygen atoms in total. The second kappa shape index (κ2) is 10.1. The predicted octanol–water partition coefficient (Wildman–Crippen LogP) is 4.95. The van der Waals surface area contributed by atoms with Gasteiger partial charge < -0.3 is 9.47 Å². The zero-order chi connectivity index (χ0) is 22.5. The van der Waals surface area contributed by atoms with E-state index in [0.29, 0.717) is 5.13 Å². The quantitative estimate of drug-likeness (QED) is 0.516. The Morgan fingerprint density at radius 2 is 2.03 bits per heavy atom. The number of aromatic nitrogens is 1. The standard InChI is InChI=1S/C23H23F2N3O3S/c1-2-30-19-12-16(8-9-18(19)31-22(24)25)21(29)27-23-26-17-10-11-28(14-20(17)32-23)13-15-6-4-3-5-7-15/h3-9,12,22H,2,10-11,13-14H2,1H3,(H,26,27,29). The Kier molecular flexibility index (Phi) is 6.96. The van der Waals surface area contributed by atoms with Crippen molar-refractivity contribution in [3.8, 4) is 11.5 Å². The molecule has 0 radical (unpaired) electrons. The van der Waals surface area contributed by atoms with Crippen molar-refractivity contribution in [1.29, 1.82) is 0 Å². The van der Waals surface area contributed by atoms with Gasteiger partial charge in [-0.25, -0.2) is 4.98 Å². The molecule has 1 aromatic heterocycles. The number of hydrogen-bond donors (Lipinski definition) is 1. The molecule has 2 heterocycles. The summed E-state index contributed by atoms with van der Waals surface area (Å²) in [6.45, 7) is 1.56. The molecule has 1 aliphatic heterocycles. The highest BCUT2D eigenvalue weighted by atomic mass is 32.1. The Labute approximate surface area is 188 Å². The Morgan fingerprint density at radius 3 is 2.78 bits per heavy atom. The summed E-state index contributed by atoms with van der Waals surface area (Å²) in [6.07, 6.45) is 0.822. The van der Waals surface area contributed by atoms with Crippen molar-refractivity contribution in [3.05, 3.63) is 70.2 Å². The highest BCUT2D eigenvalue weighted by Crippen LogP contribution is 2.32. The molecule has 0 unspecified atom stereocenters. The molecule has 2 aromatic carbocycles. The van der Waals surface area contributed by atoms with E-state index in [2.05, 4.69) is 32.1 Å². The number of halogens is 2. The molecule has 32 heavy (non-hydrogen) atoms. The first-order valence-electron chi connectivity index (χ1n) is 10.3. The predicted molar refractivity (Wildman–Crippen MR) is 119 cm³/mol. The molecule has 0 aliphatic carbocycles. The van der Waals surface area contributed by atoms with Crippen LogP contribution in [-0.4, -0.2) is 35.6 Å². The molecule has 0 spiro atoms. The Bertz CT molecular complexity index is 1080. The number of ether oxygens (including phenoxy) is 2. The number of thiazole rings is 1. The SMILES string of the molecule is CCOc1cc(C(=O)Nc2nc3c(s2)CN(Cc2ccccc2)CC3)ccc1OC(F)F. The molecule has 0 bridgehead atoms. The van der Waals surface area contributed by atoms with Crippen LogP contribution in [-0.2, 0) is 19.5 Å². The molecule has 0 atom stereocenters. The number of carbonyl (C=O) groups is 1. The molecule has 9 heteroatoms. The lowest BCUT2D eigenvalue weighted by Gasteiger charge is -2.25. The molecule has 4 rings (SSSR count). The van der Waals surface area contributed by atoms with Crippen molar-refractivity contribution in [3.63, 3.8) is 0 Å². The third-order valence-corrected chi connectivity index (χ3v) is 6.00. The average Bonchev–Trinajstić information content (AvgIpc) is 3.17. The van der Waals surface area contributed by atoms with Gasteiger partial charge in [-0.1, -0.05) is 30.3 Å². The van der Waals surface area contributed by atoms with Crippen LogP contribution in [0.3, 0.4) is 0 Å². The maximum absolute atomic E-state index is 12.7. The minimum absolute atomic E-state index is 0.0930. The molecule has 0 saturated carbocycles. The highest BCUT2D eigenvalue weighted by molar-refractivity contribution is 7.15. The number of anilines is 1. The summed E-state index contributed by atoms with van der Waals surface area (Å²) in [5.41, 5.74) is 2.54. The van der Waals surface area contributed by atoms with Gasteiger partial charge in [0.25, 0.3) is 5.91 Å². The first kappa shape index (κ1) is 22.2. The van der Waals surface area contributed by atoms with Gasteiger partial charge in [0.2, 0.25) is 0 Å². The van der Waals surface area contributed by atoms with Gasteiger partial charge >= 0.3 is 6.61 Å². The third-order valence-electron chi connectivity index (χ3n) is 5.00. The Hall–Kier alpha value is -3.04. The number of nitrogens with zero attached hydrogens (tertiary/aromatic N) is 2. The van der Waals surface area contributed by atoms with Crippen LogP contribution in [0.25, 0.3) is 0 Å². The van der Waals surface area contributed by atoms with E-state index in [1.165, 1.54) is 35.1 Å². The number of alkyl halides is 2. The third kappa shape index (κ3) is 5.41. The lowest BCUT2D eigenvalue weighted by Crippen LogP contribution is -2.29. The van der Waals surface area contributed by atoms with E-state index in [1.54, 1.807) is 6.92 Å². The number of fused-ring (bicyclic) bond motifs is 1. The molecule has 1 amide bonds. The fourth-order valence-electron chi connectivity index (χ4n) is 3.56. The summed E-state index contributed by atoms with van der Waals surface area (Å²) < 4.78 is 35.0. The number of hydrogen-bond acceptors (Lipinski definition) is 6. The summed E-state index contributed by atoms with van der Waals surface area (Å²) in [5, 5.41) is 3.34. The van der Waals surface area contributed by atoms with E-state index in [-0.39, 0.29) is 29.6 Å². The summed E-state index contributed by atoms with van der Waals surface area (Å²) >= 11 is 1.46. The highest BCUT2D eigenvalue weighted by Gasteiger charge is 2.22. The first-order valence-corrected chi connectivity index (χ1v) is 11.1. The largest absolute Gasteiger partial charge is 0.490 e. The van der Waals surface area contributed by atoms with E-state index in [4.69, 9.17) is 4.74 Å². The maximum Gasteiger partial charge on any atom is 0.387 e. The number of carbonyl (C=O) groups excluding carboxylic acids is 1. The number of amides is 1. The maximum atomic E-state index is 12.7. The van der Waals surface area contributed by atoms with Crippen LogP contribution in [0.4, 0.5) is 13.9 Å². The molecule has 0 saturated heterocycles. The second-order valence-electron chi connectivity index (χ2n) is 7.26. The van der Waals surface area contributed by atoms with E-state index in [9.17, 15) is 13.6 Å². The van der Waals surface area contributed by atoms with E-state index >= 15 is 0 Å². The lowest BCUT2D eigenvalue weighted by molar-refractivity contribution is -0.0514. The zero-order valence-corrected chi connectivity index (χ0v) is 18.3. The van der Waals surface area contributed by atoms with Gasteiger partial charge in [-0.15, -0.1) is 11.3 Å². The molecule has 3 aromatic rings. The summed E-state index contributed by atoms with van der Waals surface area (Å²) in [6, 6.07) is 14.4. The van der Waals surface area contributed by atoms with Gasteiger partial charge in [0.1, 0.15) is 0 Å². The molecule has 0 fully saturated rings. The lowest BCUT2D eigenvalue weighted by atomic mass is 10.1. The monoisotopic (exact) mass is 459 g/mol. The summed E-state index contributed by atoms with van der Waals surface area (Å²) in [4.78, 5) is 20.8. The topological polar surface area (TPSA) is 63.7 Å². The Morgan fingerprint density at radius 1 is 1.22 bits per heavy atom. The number of nitrogens with one attached hydrogen (secondary N) is 1. The summed E-state index contributed by atoms with van der Waals surface area (Å²) in [5.74, 6) is -0.404. The van der Waals surface area contributed by atoms with Gasteiger partial charge in [0.05, 0.1) is 12.3 Å². The van der Waals surface area contributed by atoms with Crippen molar-refractivity contribution < 1.29 is 23.0 Å². The fourth-order valence-corrected chi connectivity index (χ4v) is 4.60. The van der Waals surface area contributed by atoms with Crippen molar-refractivity contribution in [2.45, 2.75) is 33.0 Å². The normalized spacial score (nSPS) is 13.6. The summed E-state index contributed by atoms with van der Waals surface area (Å²) in [7, 11) is 0. The van der Waals surface area contributed by atoms with Crippen LogP contribution in [0.5, 0.6) is 11.5 Å². The van der Waals surface area contributed by atoms with Crippen LogP contribution < -0.4 is 14.8 Å². The molecule has 1 aliphatic rings. The zero-order valence-electron chi connectivity index (χ0n) is 17.5. The molecular formula is C23H23F2N3O3S. The van der Waals surface area contributed by atoms with Crippen LogP contribution in [0.1, 0.15) is 33.4 Å². The van der Waals surface area contributed by atoms with Crippen molar-refractivity contribution in [1.82, 2.24) is 9.88 Å². The van der Waals surface area contributed by atoms with Crippen molar-refractivity contribution >= 4 is 22.4 Å². The first-order chi connectivity index (χ1) is 15.5. The van der Waals surface area contributed by atoms with Crippen LogP contribution >= 0.6 is 11.3 Å². The van der Waals surface area contributed by atoms with Gasteiger partial charge in [-0.05, 0) is 30.7 Å². The minimum Gasteiger partial charge on any atom is -0.490 e. The number of benzene rings is 2. The molecule has 168 valence electrons. The minimum atomic E-state index is -2.98. The van der Waals surface area contributed by atoms with Gasteiger partial charge in [-0.2, -0.15) is 8.78 Å². The van der Waals surface area contributed by atoms with E-state index in [0.717, 1.165) is 36.6 Å². The van der Waals surface area contributed by atoms with E-state index in [1.807, 2.05) is 18.2 Å². The fraction of sp³-hybridized carbons (Fsp3) is 0.304.